The van der Waals surface area contributed by atoms with Gasteiger partial charge in [-0.05, 0) is 105 Å². The minimum absolute atomic E-state index is 0.0162. The first kappa shape index (κ1) is 41.9. The van der Waals surface area contributed by atoms with Crippen molar-refractivity contribution in [2.75, 3.05) is 52.7 Å². The van der Waals surface area contributed by atoms with E-state index in [9.17, 15) is 19.4 Å². The number of fused-ring (bicyclic) bond motifs is 2. The molecule has 2 aromatic rings. The Hall–Kier alpha value is -3.81. The molecular formula is C47H62FN3O8. The van der Waals surface area contributed by atoms with Crippen LogP contribution in [0.4, 0.5) is 4.39 Å². The Bertz CT molecular complexity index is 1810. The third-order valence-electron chi connectivity index (χ3n) is 13.1. The monoisotopic (exact) mass is 815 g/mol. The maximum atomic E-state index is 14.8. The first-order valence-corrected chi connectivity index (χ1v) is 22.2. The molecule has 3 aliphatic heterocycles. The Balaban J connectivity index is 1.30. The number of hydrogen-bond acceptors (Lipinski definition) is 10. The molecule has 1 unspecified atom stereocenters. The van der Waals surface area contributed by atoms with Crippen molar-refractivity contribution in [2.45, 2.75) is 108 Å². The highest BCUT2D eigenvalue weighted by Crippen LogP contribution is 2.62. The first-order chi connectivity index (χ1) is 28.9. The lowest BCUT2D eigenvalue weighted by molar-refractivity contribution is -0.258. The molecule has 11 nitrogen and oxygen atoms in total. The van der Waals surface area contributed by atoms with Gasteiger partial charge in [0, 0.05) is 69.6 Å². The molecule has 2 saturated carbocycles. The number of carbonyl (C=O) groups is 1. The van der Waals surface area contributed by atoms with E-state index in [2.05, 4.69) is 23.6 Å². The number of benzene rings is 2. The van der Waals surface area contributed by atoms with Crippen molar-refractivity contribution in [1.82, 2.24) is 9.80 Å². The summed E-state index contributed by atoms with van der Waals surface area (Å²) in [6.45, 7) is 8.96. The van der Waals surface area contributed by atoms with E-state index in [-0.39, 0.29) is 61.8 Å². The molecule has 7 atom stereocenters. The van der Waals surface area contributed by atoms with E-state index in [0.29, 0.717) is 38.2 Å². The summed E-state index contributed by atoms with van der Waals surface area (Å²) in [4.78, 5) is 25.3. The number of amides is 1. The van der Waals surface area contributed by atoms with Gasteiger partial charge in [-0.15, -0.1) is 6.58 Å². The number of rotatable bonds is 21. The number of unbranched alkanes of at least 4 members (excludes halogenated alkanes) is 2. The minimum atomic E-state index is -1.37. The zero-order valence-corrected chi connectivity index (χ0v) is 34.4. The summed E-state index contributed by atoms with van der Waals surface area (Å²) < 4.78 is 41.2. The van der Waals surface area contributed by atoms with Crippen molar-refractivity contribution in [3.05, 3.63) is 83.7 Å². The van der Waals surface area contributed by atoms with Crippen LogP contribution in [-0.2, 0) is 25.7 Å². The number of aliphatic hydroxyl groups is 2. The van der Waals surface area contributed by atoms with Crippen LogP contribution in [0.1, 0.15) is 94.1 Å². The number of oxime groups is 1. The summed E-state index contributed by atoms with van der Waals surface area (Å²) in [6, 6.07) is 11.8. The van der Waals surface area contributed by atoms with Crippen LogP contribution in [0.3, 0.4) is 0 Å². The van der Waals surface area contributed by atoms with Gasteiger partial charge in [0.1, 0.15) is 30.0 Å². The lowest BCUT2D eigenvalue weighted by Gasteiger charge is -2.60. The Labute approximate surface area is 348 Å². The van der Waals surface area contributed by atoms with E-state index in [0.717, 1.165) is 106 Å². The van der Waals surface area contributed by atoms with Crippen molar-refractivity contribution in [3.63, 3.8) is 0 Å². The van der Waals surface area contributed by atoms with Gasteiger partial charge in [0.15, 0.2) is 0 Å². The Kier molecular flexibility index (Phi) is 13.7. The summed E-state index contributed by atoms with van der Waals surface area (Å²) in [7, 11) is 0. The van der Waals surface area contributed by atoms with Crippen LogP contribution in [0.15, 0.2) is 71.9 Å². The fourth-order valence-corrected chi connectivity index (χ4v) is 9.93. The second kappa shape index (κ2) is 19.3. The maximum absolute atomic E-state index is 14.8. The molecule has 0 aromatic heterocycles. The molecule has 4 fully saturated rings. The van der Waals surface area contributed by atoms with E-state index >= 15 is 0 Å². The molecule has 1 amide bonds. The van der Waals surface area contributed by atoms with Gasteiger partial charge in [-0.1, -0.05) is 42.3 Å². The largest absolute Gasteiger partial charge is 0.492 e. The van der Waals surface area contributed by atoms with Crippen molar-refractivity contribution < 1.29 is 43.2 Å². The highest BCUT2D eigenvalue weighted by atomic mass is 19.1. The molecule has 8 rings (SSSR count). The third-order valence-corrected chi connectivity index (χ3v) is 13.1. The topological polar surface area (TPSA) is 122 Å². The molecule has 2 aromatic carbocycles. The van der Waals surface area contributed by atoms with Crippen molar-refractivity contribution in [3.8, 4) is 11.5 Å². The van der Waals surface area contributed by atoms with Crippen molar-refractivity contribution >= 4 is 11.6 Å². The standard InChI is InChI=1S/C47H62FN3O8/c1-2-25-57-47-42(51(46(54)33-14-15-33)31-32-12-16-35(48)17-13-32)30-40(49-59-43-11-5-8-26-56-43)38-28-34(9-3-6-23-52)37(10-4-7-24-53)44(45(38)47)39-29-36(18-19-41(39)58-47)55-27-22-50-20-21-50/h2,12-13,16-19,28-29,33-34,37,42-45,52-53H,1,3-11,14-15,20-27,30-31H2/t34-,37+,42-,43?,44+,45+,47+/m0/s1. The van der Waals surface area contributed by atoms with Gasteiger partial charge >= 0.3 is 0 Å². The Morgan fingerprint density at radius 3 is 2.54 bits per heavy atom. The molecular weight excluding hydrogens is 754 g/mol. The van der Waals surface area contributed by atoms with Crippen LogP contribution in [0.5, 0.6) is 11.5 Å². The molecule has 2 N–H and O–H groups in total. The number of halogens is 1. The predicted octanol–water partition coefficient (Wildman–Crippen LogP) is 7.12. The van der Waals surface area contributed by atoms with Crippen LogP contribution in [-0.4, -0.2) is 102 Å². The van der Waals surface area contributed by atoms with Gasteiger partial charge in [0.05, 0.1) is 24.8 Å². The van der Waals surface area contributed by atoms with Gasteiger partial charge in [-0.3, -0.25) is 9.69 Å². The number of hydrogen-bond donors (Lipinski definition) is 2. The third kappa shape index (κ3) is 9.57. The van der Waals surface area contributed by atoms with E-state index < -0.39 is 24.0 Å². The summed E-state index contributed by atoms with van der Waals surface area (Å²) in [5.41, 5.74) is 3.55. The van der Waals surface area contributed by atoms with E-state index in [1.54, 1.807) is 18.2 Å². The Morgan fingerprint density at radius 1 is 1.03 bits per heavy atom. The van der Waals surface area contributed by atoms with Crippen LogP contribution >= 0.6 is 0 Å². The predicted molar refractivity (Wildman–Crippen MR) is 221 cm³/mol. The fraction of sp³-hybridized carbons (Fsp3) is 0.617. The lowest BCUT2D eigenvalue weighted by atomic mass is 9.55. The summed E-state index contributed by atoms with van der Waals surface area (Å²) in [5.74, 6) is -0.709. The normalized spacial score (nSPS) is 29.1. The average molecular weight is 816 g/mol. The number of aliphatic hydroxyl groups excluding tert-OH is 2. The molecule has 0 spiro atoms. The molecule has 0 radical (unpaired) electrons. The fourth-order valence-electron chi connectivity index (χ4n) is 9.93. The zero-order valence-electron chi connectivity index (χ0n) is 34.4. The van der Waals surface area contributed by atoms with Gasteiger partial charge < -0.3 is 38.9 Å². The Morgan fingerprint density at radius 2 is 1.83 bits per heavy atom. The van der Waals surface area contributed by atoms with E-state index in [1.165, 1.54) is 12.1 Å². The van der Waals surface area contributed by atoms with Gasteiger partial charge in [-0.25, -0.2) is 4.39 Å². The highest BCUT2D eigenvalue weighted by molar-refractivity contribution is 6.03. The van der Waals surface area contributed by atoms with Crippen LogP contribution in [0.25, 0.3) is 0 Å². The van der Waals surface area contributed by atoms with Crippen LogP contribution in [0.2, 0.25) is 0 Å². The van der Waals surface area contributed by atoms with Gasteiger partial charge in [-0.2, -0.15) is 0 Å². The molecule has 2 saturated heterocycles. The zero-order chi connectivity index (χ0) is 40.8. The lowest BCUT2D eigenvalue weighted by Crippen LogP contribution is -2.70. The van der Waals surface area contributed by atoms with E-state index in [1.807, 2.05) is 17.0 Å². The minimum Gasteiger partial charge on any atom is -0.492 e. The van der Waals surface area contributed by atoms with Crippen molar-refractivity contribution in [2.24, 2.45) is 28.8 Å². The summed E-state index contributed by atoms with van der Waals surface area (Å²) in [6.07, 6.45) is 13.0. The number of allylic oxidation sites excluding steroid dienone is 1. The SMILES string of the molecule is C=CCO[C@@]12Oc3ccc(OCCN4CC4)cc3[C@H]3[C@H](CCCCO)[C@@H](CCCCO)C=C(C(=NOC4CCCCO4)C[C@@H]1N(Cc1ccc(F)cc1)C(=O)C1CC1)[C@H]32. The smallest absolute Gasteiger partial charge is 0.239 e. The molecule has 320 valence electrons. The van der Waals surface area contributed by atoms with Gasteiger partial charge in [0.2, 0.25) is 18.0 Å². The average Bonchev–Trinajstić information content (AvgIpc) is 4.20. The molecule has 0 bridgehead atoms. The maximum Gasteiger partial charge on any atom is 0.239 e. The molecule has 6 aliphatic rings. The number of ether oxygens (including phenoxy) is 4. The molecule has 59 heavy (non-hydrogen) atoms. The quantitative estimate of drug-likeness (QED) is 0.0588. The second-order valence-corrected chi connectivity index (χ2v) is 17.2. The first-order valence-electron chi connectivity index (χ1n) is 22.2. The molecule has 3 heterocycles. The highest BCUT2D eigenvalue weighted by Gasteiger charge is 2.66. The molecule has 3 aliphatic carbocycles. The number of carbonyl (C=O) groups excluding carboxylic acids is 1. The van der Waals surface area contributed by atoms with Crippen LogP contribution in [0, 0.1) is 29.5 Å². The summed E-state index contributed by atoms with van der Waals surface area (Å²) >= 11 is 0. The molecule has 12 heteroatoms. The number of nitrogens with zero attached hydrogens (tertiary/aromatic N) is 3. The summed E-state index contributed by atoms with van der Waals surface area (Å²) in [5, 5.41) is 24.8. The van der Waals surface area contributed by atoms with Gasteiger partial charge in [0.25, 0.3) is 0 Å². The van der Waals surface area contributed by atoms with Crippen molar-refractivity contribution in [1.29, 1.82) is 0 Å². The van der Waals surface area contributed by atoms with Crippen LogP contribution < -0.4 is 9.47 Å². The second-order valence-electron chi connectivity index (χ2n) is 17.2. The van der Waals surface area contributed by atoms with E-state index in [4.69, 9.17) is 28.9 Å².